The van der Waals surface area contributed by atoms with Crippen LogP contribution in [0.4, 0.5) is 5.69 Å². The maximum absolute atomic E-state index is 12.4. The SMILES string of the molecule is CN(C)S(=O)(=O)c1cccc(C(=O)NCC(=O)Nc2ccc(CCN3CCSCC3)cc2)c1. The summed E-state index contributed by atoms with van der Waals surface area (Å²) in [7, 11) is -0.802. The van der Waals surface area contributed by atoms with Gasteiger partial charge >= 0.3 is 0 Å². The highest BCUT2D eigenvalue weighted by molar-refractivity contribution is 7.99. The molecule has 1 heterocycles. The average Bonchev–Trinajstić information content (AvgIpc) is 2.82. The van der Waals surface area contributed by atoms with Crippen molar-refractivity contribution in [1.29, 1.82) is 0 Å². The van der Waals surface area contributed by atoms with Crippen molar-refractivity contribution >= 4 is 39.3 Å². The van der Waals surface area contributed by atoms with Crippen LogP contribution in [0.25, 0.3) is 0 Å². The lowest BCUT2D eigenvalue weighted by molar-refractivity contribution is -0.115. The van der Waals surface area contributed by atoms with E-state index in [0.29, 0.717) is 5.69 Å². The van der Waals surface area contributed by atoms with E-state index in [-0.39, 0.29) is 22.9 Å². The molecule has 2 amide bonds. The lowest BCUT2D eigenvalue weighted by Gasteiger charge is -2.26. The molecule has 3 rings (SSSR count). The van der Waals surface area contributed by atoms with Crippen molar-refractivity contribution in [3.8, 4) is 0 Å². The second-order valence-electron chi connectivity index (χ2n) is 7.95. The normalized spacial score (nSPS) is 14.8. The number of thioether (sulfide) groups is 1. The van der Waals surface area contributed by atoms with Gasteiger partial charge in [0, 0.05) is 56.5 Å². The molecule has 0 aliphatic carbocycles. The zero-order valence-electron chi connectivity index (χ0n) is 18.9. The van der Waals surface area contributed by atoms with Crippen LogP contribution in [-0.4, -0.2) is 81.2 Å². The molecule has 1 aliphatic heterocycles. The van der Waals surface area contributed by atoms with Gasteiger partial charge in [0.2, 0.25) is 15.9 Å². The van der Waals surface area contributed by atoms with E-state index in [9.17, 15) is 18.0 Å². The summed E-state index contributed by atoms with van der Waals surface area (Å²) in [4.78, 5) is 27.1. The zero-order valence-corrected chi connectivity index (χ0v) is 20.5. The summed E-state index contributed by atoms with van der Waals surface area (Å²) in [6, 6.07) is 13.4. The molecule has 0 unspecified atom stereocenters. The van der Waals surface area contributed by atoms with Crippen LogP contribution >= 0.6 is 11.8 Å². The van der Waals surface area contributed by atoms with Gasteiger partial charge in [0.1, 0.15) is 0 Å². The molecule has 0 saturated carbocycles. The zero-order chi connectivity index (χ0) is 23.8. The molecule has 0 bridgehead atoms. The predicted molar refractivity (Wildman–Crippen MR) is 132 cm³/mol. The van der Waals surface area contributed by atoms with Crippen molar-refractivity contribution in [2.75, 3.05) is 57.1 Å². The molecule has 33 heavy (non-hydrogen) atoms. The number of sulfonamides is 1. The van der Waals surface area contributed by atoms with E-state index in [1.165, 1.54) is 55.4 Å². The number of hydrogen-bond acceptors (Lipinski definition) is 6. The van der Waals surface area contributed by atoms with Gasteiger partial charge in [-0.1, -0.05) is 18.2 Å². The standard InChI is InChI=1S/C23H30N4O4S2/c1-26(2)33(30,31)21-5-3-4-19(16-21)23(29)24-17-22(28)25-20-8-6-18(7-9-20)10-11-27-12-14-32-15-13-27/h3-9,16H,10-15,17H2,1-2H3,(H,24,29)(H,25,28). The molecular formula is C23H30N4O4S2. The molecule has 0 atom stereocenters. The molecule has 1 saturated heterocycles. The maximum atomic E-state index is 12.4. The van der Waals surface area contributed by atoms with Gasteiger partial charge in [0.15, 0.2) is 0 Å². The molecule has 2 aromatic rings. The van der Waals surface area contributed by atoms with Gasteiger partial charge in [-0.3, -0.25) is 9.59 Å². The van der Waals surface area contributed by atoms with Crippen LogP contribution in [0, 0.1) is 0 Å². The number of nitrogens with one attached hydrogen (secondary N) is 2. The van der Waals surface area contributed by atoms with Crippen molar-refractivity contribution in [2.24, 2.45) is 0 Å². The van der Waals surface area contributed by atoms with E-state index in [1.54, 1.807) is 0 Å². The molecule has 1 aliphatic rings. The third-order valence-corrected chi connectivity index (χ3v) is 8.10. The van der Waals surface area contributed by atoms with Crippen LogP contribution in [0.15, 0.2) is 53.4 Å². The molecule has 10 heteroatoms. The first-order valence-corrected chi connectivity index (χ1v) is 13.3. The Morgan fingerprint density at radius 2 is 1.76 bits per heavy atom. The van der Waals surface area contributed by atoms with Crippen LogP contribution < -0.4 is 10.6 Å². The Labute approximate surface area is 199 Å². The third kappa shape index (κ3) is 7.29. The topological polar surface area (TPSA) is 98.8 Å². The predicted octanol–water partition coefficient (Wildman–Crippen LogP) is 1.90. The van der Waals surface area contributed by atoms with Crippen LogP contribution in [0.1, 0.15) is 15.9 Å². The van der Waals surface area contributed by atoms with E-state index in [4.69, 9.17) is 0 Å². The average molecular weight is 491 g/mol. The van der Waals surface area contributed by atoms with Crippen LogP contribution in [0.3, 0.4) is 0 Å². The van der Waals surface area contributed by atoms with Crippen LogP contribution in [0.2, 0.25) is 0 Å². The van der Waals surface area contributed by atoms with Gasteiger partial charge in [0.05, 0.1) is 11.4 Å². The van der Waals surface area contributed by atoms with E-state index < -0.39 is 15.9 Å². The Bertz CT molecular complexity index is 1070. The van der Waals surface area contributed by atoms with Crippen molar-refractivity contribution in [2.45, 2.75) is 11.3 Å². The second kappa shape index (κ2) is 11.6. The third-order valence-electron chi connectivity index (χ3n) is 5.34. The Kier molecular flexibility index (Phi) is 8.90. The molecule has 178 valence electrons. The largest absolute Gasteiger partial charge is 0.343 e. The smallest absolute Gasteiger partial charge is 0.251 e. The summed E-state index contributed by atoms with van der Waals surface area (Å²) in [6.45, 7) is 3.09. The summed E-state index contributed by atoms with van der Waals surface area (Å²) in [5, 5.41) is 5.29. The first-order valence-electron chi connectivity index (χ1n) is 10.8. The van der Waals surface area contributed by atoms with Gasteiger partial charge in [-0.25, -0.2) is 12.7 Å². The van der Waals surface area contributed by atoms with Crippen molar-refractivity contribution < 1.29 is 18.0 Å². The Hall–Kier alpha value is -2.40. The van der Waals surface area contributed by atoms with Crippen molar-refractivity contribution in [1.82, 2.24) is 14.5 Å². The fraction of sp³-hybridized carbons (Fsp3) is 0.391. The number of carbonyl (C=O) groups excluding carboxylic acids is 2. The fourth-order valence-corrected chi connectivity index (χ4v) is 5.27. The van der Waals surface area contributed by atoms with Gasteiger partial charge in [0.25, 0.3) is 5.91 Å². The summed E-state index contributed by atoms with van der Waals surface area (Å²) in [6.07, 6.45) is 0.970. The lowest BCUT2D eigenvalue weighted by Crippen LogP contribution is -2.34. The number of anilines is 1. The van der Waals surface area contributed by atoms with Crippen LogP contribution in [-0.2, 0) is 21.2 Å². The number of amides is 2. The van der Waals surface area contributed by atoms with E-state index in [1.807, 2.05) is 36.0 Å². The van der Waals surface area contributed by atoms with E-state index in [2.05, 4.69) is 15.5 Å². The molecule has 0 spiro atoms. The summed E-state index contributed by atoms with van der Waals surface area (Å²) < 4.78 is 25.6. The lowest BCUT2D eigenvalue weighted by atomic mass is 10.1. The van der Waals surface area contributed by atoms with Crippen LogP contribution in [0.5, 0.6) is 0 Å². The molecule has 8 nitrogen and oxygen atoms in total. The first-order chi connectivity index (χ1) is 15.8. The number of benzene rings is 2. The van der Waals surface area contributed by atoms with Gasteiger partial charge in [-0.15, -0.1) is 0 Å². The number of rotatable bonds is 9. The maximum Gasteiger partial charge on any atom is 0.251 e. The van der Waals surface area contributed by atoms with Crippen molar-refractivity contribution in [3.05, 3.63) is 59.7 Å². The number of carbonyl (C=O) groups is 2. The van der Waals surface area contributed by atoms with Gasteiger partial charge < -0.3 is 15.5 Å². The second-order valence-corrected chi connectivity index (χ2v) is 11.3. The molecule has 0 aromatic heterocycles. The molecule has 2 N–H and O–H groups in total. The van der Waals surface area contributed by atoms with Crippen molar-refractivity contribution in [3.63, 3.8) is 0 Å². The Balaban J connectivity index is 1.47. The molecule has 2 aromatic carbocycles. The quantitative estimate of drug-likeness (QED) is 0.557. The minimum absolute atomic E-state index is 0.0175. The summed E-state index contributed by atoms with van der Waals surface area (Å²) >= 11 is 2.00. The summed E-state index contributed by atoms with van der Waals surface area (Å²) in [5.74, 6) is 1.51. The van der Waals surface area contributed by atoms with E-state index in [0.717, 1.165) is 30.4 Å². The monoisotopic (exact) mass is 490 g/mol. The minimum Gasteiger partial charge on any atom is -0.343 e. The van der Waals surface area contributed by atoms with E-state index >= 15 is 0 Å². The highest BCUT2D eigenvalue weighted by Crippen LogP contribution is 2.15. The Morgan fingerprint density at radius 1 is 1.06 bits per heavy atom. The minimum atomic E-state index is -3.65. The Morgan fingerprint density at radius 3 is 2.42 bits per heavy atom. The first kappa shape index (κ1) is 25.2. The highest BCUT2D eigenvalue weighted by Gasteiger charge is 2.19. The number of hydrogen-bond donors (Lipinski definition) is 2. The van der Waals surface area contributed by atoms with Gasteiger partial charge in [-0.2, -0.15) is 11.8 Å². The molecule has 1 fully saturated rings. The fourth-order valence-electron chi connectivity index (χ4n) is 3.34. The highest BCUT2D eigenvalue weighted by atomic mass is 32.2. The number of nitrogens with zero attached hydrogens (tertiary/aromatic N) is 2. The summed E-state index contributed by atoms with van der Waals surface area (Å²) in [5.41, 5.74) is 2.04. The molecule has 0 radical (unpaired) electrons. The van der Waals surface area contributed by atoms with Gasteiger partial charge in [-0.05, 0) is 42.3 Å². The molecular weight excluding hydrogens is 460 g/mol.